The number of ether oxygens (including phenoxy) is 1. The standard InChI is InChI=1S/C18H30ClN3O3.C4H10/c1-5-22(6-2)9-8-21-17(24)13-11-14(19)15(20)12-16(13)25-18(3,4)7-10-23;1-4(2)3/h11-12,23H,5-10,20H2,1-4H3,(H,21,24);4H,1-3H3. The molecule has 0 atom stereocenters. The predicted octanol–water partition coefficient (Wildman–Crippen LogP) is 4.20. The first-order chi connectivity index (χ1) is 13.5. The van der Waals surface area contributed by atoms with E-state index < -0.39 is 5.60 Å². The first-order valence-electron chi connectivity index (χ1n) is 10.4. The van der Waals surface area contributed by atoms with Crippen LogP contribution in [0.25, 0.3) is 0 Å². The number of hydrogen-bond donors (Lipinski definition) is 3. The molecule has 0 aliphatic rings. The van der Waals surface area contributed by atoms with Gasteiger partial charge in [-0.25, -0.2) is 0 Å². The average Bonchev–Trinajstić information content (AvgIpc) is 2.60. The molecule has 1 aromatic rings. The number of carbonyl (C=O) groups excluding carboxylic acids is 1. The highest BCUT2D eigenvalue weighted by Gasteiger charge is 2.23. The molecule has 29 heavy (non-hydrogen) atoms. The molecule has 0 radical (unpaired) electrons. The van der Waals surface area contributed by atoms with Gasteiger partial charge in [-0.2, -0.15) is 0 Å². The number of nitrogens with zero attached hydrogens (tertiary/aromatic N) is 1. The minimum Gasteiger partial charge on any atom is -0.487 e. The maximum atomic E-state index is 12.6. The summed E-state index contributed by atoms with van der Waals surface area (Å²) in [7, 11) is 0. The van der Waals surface area contributed by atoms with Gasteiger partial charge in [-0.05, 0) is 38.9 Å². The Bertz CT molecular complexity index is 615. The molecule has 0 fully saturated rings. The van der Waals surface area contributed by atoms with E-state index in [2.05, 4.69) is 44.8 Å². The predicted molar refractivity (Wildman–Crippen MR) is 123 cm³/mol. The molecule has 0 aliphatic carbocycles. The fourth-order valence-corrected chi connectivity index (χ4v) is 2.58. The van der Waals surface area contributed by atoms with Crippen LogP contribution < -0.4 is 15.8 Å². The van der Waals surface area contributed by atoms with Gasteiger partial charge in [0.2, 0.25) is 0 Å². The van der Waals surface area contributed by atoms with Gasteiger partial charge in [0.05, 0.1) is 16.3 Å². The summed E-state index contributed by atoms with van der Waals surface area (Å²) in [5.74, 6) is 0.935. The summed E-state index contributed by atoms with van der Waals surface area (Å²) >= 11 is 6.08. The van der Waals surface area contributed by atoms with Crippen molar-refractivity contribution in [2.24, 2.45) is 5.92 Å². The molecule has 0 spiro atoms. The Kier molecular flexibility index (Phi) is 13.0. The van der Waals surface area contributed by atoms with Crippen LogP contribution in [0.1, 0.15) is 65.2 Å². The highest BCUT2D eigenvalue weighted by atomic mass is 35.5. The molecule has 1 rings (SSSR count). The first kappa shape index (κ1) is 27.5. The van der Waals surface area contributed by atoms with Gasteiger partial charge in [0.25, 0.3) is 5.91 Å². The fourth-order valence-electron chi connectivity index (χ4n) is 2.41. The van der Waals surface area contributed by atoms with Crippen LogP contribution in [0.2, 0.25) is 5.02 Å². The number of carbonyl (C=O) groups is 1. The third-order valence-electron chi connectivity index (χ3n) is 4.05. The molecule has 6 nitrogen and oxygen atoms in total. The van der Waals surface area contributed by atoms with Crippen LogP contribution in [-0.2, 0) is 0 Å². The maximum absolute atomic E-state index is 12.6. The quantitative estimate of drug-likeness (QED) is 0.485. The minimum atomic E-state index is -0.634. The topological polar surface area (TPSA) is 87.8 Å². The van der Waals surface area contributed by atoms with Crippen molar-refractivity contribution in [2.45, 2.75) is 60.5 Å². The number of aliphatic hydroxyl groups is 1. The summed E-state index contributed by atoms with van der Waals surface area (Å²) in [4.78, 5) is 14.8. The molecule has 0 unspecified atom stereocenters. The van der Waals surface area contributed by atoms with Crippen molar-refractivity contribution in [3.63, 3.8) is 0 Å². The molecule has 168 valence electrons. The molecule has 1 amide bonds. The van der Waals surface area contributed by atoms with Crippen molar-refractivity contribution in [1.29, 1.82) is 0 Å². The average molecular weight is 430 g/mol. The summed E-state index contributed by atoms with van der Waals surface area (Å²) in [6, 6.07) is 3.08. The number of nitrogen functional groups attached to an aromatic ring is 1. The number of aliphatic hydroxyl groups excluding tert-OH is 1. The fraction of sp³-hybridized carbons (Fsp3) is 0.682. The third kappa shape index (κ3) is 11.3. The Labute approximate surface area is 181 Å². The number of amides is 1. The summed E-state index contributed by atoms with van der Waals surface area (Å²) in [6.07, 6.45) is 0.429. The van der Waals surface area contributed by atoms with Gasteiger partial charge in [0, 0.05) is 32.2 Å². The van der Waals surface area contributed by atoms with Gasteiger partial charge < -0.3 is 25.8 Å². The van der Waals surface area contributed by atoms with Crippen LogP contribution in [0, 0.1) is 5.92 Å². The molecule has 0 aromatic heterocycles. The number of hydrogen-bond acceptors (Lipinski definition) is 5. The number of likely N-dealkylation sites (N-methyl/N-ethyl adjacent to an activating group) is 1. The van der Waals surface area contributed by atoms with Crippen LogP contribution in [0.4, 0.5) is 5.69 Å². The largest absolute Gasteiger partial charge is 0.487 e. The van der Waals surface area contributed by atoms with Crippen molar-refractivity contribution in [3.05, 3.63) is 22.7 Å². The Morgan fingerprint density at radius 3 is 2.31 bits per heavy atom. The van der Waals surface area contributed by atoms with Crippen LogP contribution in [0.3, 0.4) is 0 Å². The zero-order valence-corrected chi connectivity index (χ0v) is 19.9. The van der Waals surface area contributed by atoms with Crippen LogP contribution >= 0.6 is 11.6 Å². The minimum absolute atomic E-state index is 0.0124. The normalized spacial score (nSPS) is 11.3. The zero-order valence-electron chi connectivity index (χ0n) is 19.1. The molecule has 0 heterocycles. The Balaban J connectivity index is 0.00000178. The van der Waals surface area contributed by atoms with Gasteiger partial charge in [0.15, 0.2) is 0 Å². The molecular weight excluding hydrogens is 390 g/mol. The monoisotopic (exact) mass is 429 g/mol. The lowest BCUT2D eigenvalue weighted by Crippen LogP contribution is -2.35. The molecule has 0 bridgehead atoms. The maximum Gasteiger partial charge on any atom is 0.255 e. The van der Waals surface area contributed by atoms with Gasteiger partial charge >= 0.3 is 0 Å². The molecule has 1 aromatic carbocycles. The van der Waals surface area contributed by atoms with Crippen molar-refractivity contribution in [2.75, 3.05) is 38.5 Å². The highest BCUT2D eigenvalue weighted by Crippen LogP contribution is 2.32. The lowest BCUT2D eigenvalue weighted by Gasteiger charge is -2.27. The first-order valence-corrected chi connectivity index (χ1v) is 10.7. The molecule has 0 saturated carbocycles. The van der Waals surface area contributed by atoms with E-state index in [-0.39, 0.29) is 12.5 Å². The van der Waals surface area contributed by atoms with E-state index in [1.54, 1.807) is 6.07 Å². The van der Waals surface area contributed by atoms with Crippen LogP contribution in [-0.4, -0.2) is 54.3 Å². The Morgan fingerprint density at radius 1 is 1.28 bits per heavy atom. The van der Waals surface area contributed by atoms with E-state index in [0.717, 1.165) is 25.6 Å². The summed E-state index contributed by atoms with van der Waals surface area (Å²) in [5.41, 5.74) is 5.91. The van der Waals surface area contributed by atoms with Crippen LogP contribution in [0.15, 0.2) is 12.1 Å². The van der Waals surface area contributed by atoms with E-state index in [1.807, 2.05) is 13.8 Å². The van der Waals surface area contributed by atoms with Crippen molar-refractivity contribution in [1.82, 2.24) is 10.2 Å². The summed E-state index contributed by atoms with van der Waals surface area (Å²) < 4.78 is 5.93. The van der Waals surface area contributed by atoms with Crippen molar-refractivity contribution >= 4 is 23.2 Å². The number of nitrogens with two attached hydrogens (primary N) is 1. The second kappa shape index (κ2) is 13.7. The Hall–Kier alpha value is -1.50. The Morgan fingerprint density at radius 2 is 1.83 bits per heavy atom. The van der Waals surface area contributed by atoms with E-state index in [0.29, 0.717) is 35.0 Å². The lowest BCUT2D eigenvalue weighted by molar-refractivity contribution is 0.0737. The highest BCUT2D eigenvalue weighted by molar-refractivity contribution is 6.33. The van der Waals surface area contributed by atoms with Gasteiger partial charge in [-0.3, -0.25) is 4.79 Å². The van der Waals surface area contributed by atoms with Crippen molar-refractivity contribution in [3.8, 4) is 5.75 Å². The van der Waals surface area contributed by atoms with E-state index in [4.69, 9.17) is 27.2 Å². The zero-order chi connectivity index (χ0) is 22.6. The molecular formula is C22H40ClN3O3. The van der Waals surface area contributed by atoms with Crippen LogP contribution in [0.5, 0.6) is 5.75 Å². The summed E-state index contributed by atoms with van der Waals surface area (Å²) in [6.45, 7) is 17.5. The second-order valence-corrected chi connectivity index (χ2v) is 8.63. The lowest BCUT2D eigenvalue weighted by atomic mass is 10.1. The van der Waals surface area contributed by atoms with E-state index in [9.17, 15) is 4.79 Å². The molecule has 0 saturated heterocycles. The SMILES string of the molecule is CC(C)C.CCN(CC)CCNC(=O)c1cc(Cl)c(N)cc1OC(C)(C)CCO. The molecule has 4 N–H and O–H groups in total. The van der Waals surface area contributed by atoms with E-state index >= 15 is 0 Å². The number of rotatable bonds is 10. The smallest absolute Gasteiger partial charge is 0.255 e. The third-order valence-corrected chi connectivity index (χ3v) is 4.38. The molecule has 0 aliphatic heterocycles. The number of anilines is 1. The second-order valence-electron chi connectivity index (χ2n) is 8.22. The van der Waals surface area contributed by atoms with Crippen molar-refractivity contribution < 1.29 is 14.6 Å². The number of halogens is 1. The van der Waals surface area contributed by atoms with Gasteiger partial charge in [0.1, 0.15) is 11.4 Å². The number of nitrogens with one attached hydrogen (secondary N) is 1. The number of benzene rings is 1. The molecule has 7 heteroatoms. The van der Waals surface area contributed by atoms with Gasteiger partial charge in [-0.1, -0.05) is 46.2 Å². The van der Waals surface area contributed by atoms with E-state index in [1.165, 1.54) is 6.07 Å². The summed E-state index contributed by atoms with van der Waals surface area (Å²) in [5, 5.41) is 12.4. The van der Waals surface area contributed by atoms with Gasteiger partial charge in [-0.15, -0.1) is 0 Å².